The van der Waals surface area contributed by atoms with Crippen LogP contribution in [0.1, 0.15) is 83.7 Å². The summed E-state index contributed by atoms with van der Waals surface area (Å²) in [5.74, 6) is -0.968. The van der Waals surface area contributed by atoms with Crippen LogP contribution in [-0.4, -0.2) is 190 Å². The Morgan fingerprint density at radius 3 is 2.24 bits per heavy atom. The van der Waals surface area contributed by atoms with Crippen molar-refractivity contribution in [1.29, 1.82) is 0 Å². The summed E-state index contributed by atoms with van der Waals surface area (Å²) in [5.41, 5.74) is 2.02. The molecular weight excluding hydrogens is 1020 g/mol. The molecule has 0 saturated carbocycles. The third-order valence-corrected chi connectivity index (χ3v) is 14.5. The molecule has 2 aromatic rings. The third-order valence-electron chi connectivity index (χ3n) is 13.7. The molecule has 0 bridgehead atoms. The number of carbonyl (C=O) groups is 8. The molecule has 76 heavy (non-hydrogen) atoms. The lowest BCUT2D eigenvalue weighted by Crippen LogP contribution is -2.61. The maximum Gasteiger partial charge on any atom is 0.410 e. The van der Waals surface area contributed by atoms with Gasteiger partial charge in [0.1, 0.15) is 41.7 Å². The van der Waals surface area contributed by atoms with Crippen molar-refractivity contribution < 1.29 is 82.5 Å². The molecule has 0 spiro atoms. The highest BCUT2D eigenvalue weighted by Gasteiger charge is 2.48. The van der Waals surface area contributed by atoms with Gasteiger partial charge in [-0.15, -0.1) is 11.3 Å². The fraction of sp³-hybridized carbons (Fsp3) is 0.653. The summed E-state index contributed by atoms with van der Waals surface area (Å²) in [6.07, 6.45) is -9.22. The normalized spacial score (nSPS) is 21.7. The largest absolute Gasteiger partial charge is 0.479 e. The van der Waals surface area contributed by atoms with Crippen molar-refractivity contribution in [3.05, 3.63) is 40.3 Å². The summed E-state index contributed by atoms with van der Waals surface area (Å²) in [7, 11) is 5.90. The zero-order valence-corrected chi connectivity index (χ0v) is 45.2. The van der Waals surface area contributed by atoms with Gasteiger partial charge in [-0.05, 0) is 42.4 Å². The van der Waals surface area contributed by atoms with Crippen LogP contribution in [0, 0.1) is 17.8 Å². The minimum atomic E-state index is -2.00. The number of hydrazine groups is 1. The smallest absolute Gasteiger partial charge is 0.410 e. The van der Waals surface area contributed by atoms with Crippen LogP contribution in [-0.2, 0) is 65.7 Å². The predicted molar refractivity (Wildman–Crippen MR) is 271 cm³/mol. The molecule has 3 heterocycles. The first-order valence-corrected chi connectivity index (χ1v) is 25.8. The van der Waals surface area contributed by atoms with E-state index >= 15 is 0 Å². The summed E-state index contributed by atoms with van der Waals surface area (Å²) >= 11 is 1.43. The molecule has 0 radical (unpaired) electrons. The predicted octanol–water partition coefficient (Wildman–Crippen LogP) is 0.0686. The number of anilines is 1. The number of likely N-dealkylation sites (tertiary alicyclic amines) is 1. The number of nitrogens with two attached hydrogens (primary N) is 1. The number of likely N-dealkylation sites (N-methyl/N-ethyl adjacent to an activating group) is 2. The first-order chi connectivity index (χ1) is 36.0. The minimum Gasteiger partial charge on any atom is -0.479 e. The average molecular weight is 1090 g/mol. The number of nitrogens with one attached hydrogen (secondary N) is 4. The summed E-state index contributed by atoms with van der Waals surface area (Å²) < 4.78 is 28.3. The zero-order valence-electron chi connectivity index (χ0n) is 44.3. The number of carboxylic acid groups (broad SMARTS) is 1. The molecule has 2 fully saturated rings. The molecule has 1 aromatic heterocycles. The fourth-order valence-electron chi connectivity index (χ4n) is 9.32. The molecule has 3 unspecified atom stereocenters. The number of amides is 7. The van der Waals surface area contributed by atoms with Gasteiger partial charge in [-0.3, -0.25) is 39.1 Å². The summed E-state index contributed by atoms with van der Waals surface area (Å²) in [6.45, 7) is 8.85. The van der Waals surface area contributed by atoms with Crippen LogP contribution in [0.4, 0.5) is 10.5 Å². The van der Waals surface area contributed by atoms with Crippen LogP contribution in [0.5, 0.6) is 5.75 Å². The molecule has 7 amide bonds. The third kappa shape index (κ3) is 16.5. The number of carboxylic acids is 1. The highest BCUT2D eigenvalue weighted by molar-refractivity contribution is 7.09. The molecule has 0 aliphatic carbocycles. The van der Waals surface area contributed by atoms with E-state index in [9.17, 15) is 58.8 Å². The lowest BCUT2D eigenvalue weighted by Gasteiger charge is -2.39. The number of aliphatic carboxylic acids is 1. The van der Waals surface area contributed by atoms with Crippen molar-refractivity contribution in [2.75, 3.05) is 46.7 Å². The van der Waals surface area contributed by atoms with Crippen LogP contribution < -0.4 is 32.0 Å². The molecule has 1 aromatic carbocycles. The maximum absolute atomic E-state index is 14.2. The number of carbonyl (C=O) groups excluding carboxylic acids is 7. The van der Waals surface area contributed by atoms with E-state index < -0.39 is 116 Å². The average Bonchev–Trinajstić information content (AvgIpc) is 4.12. The maximum atomic E-state index is 14.2. The number of nitrogens with zero attached hydrogens (tertiary/aromatic N) is 4. The topological polar surface area (TPSA) is 360 Å². The van der Waals surface area contributed by atoms with Crippen LogP contribution >= 0.6 is 11.3 Å². The number of aromatic nitrogens is 1. The number of hydrogen-bond acceptors (Lipinski definition) is 19. The molecule has 12 atom stereocenters. The van der Waals surface area contributed by atoms with Crippen molar-refractivity contribution >= 4 is 64.5 Å². The van der Waals surface area contributed by atoms with Crippen molar-refractivity contribution in [3.63, 3.8) is 0 Å². The van der Waals surface area contributed by atoms with Crippen molar-refractivity contribution in [1.82, 2.24) is 35.7 Å². The van der Waals surface area contributed by atoms with Crippen molar-refractivity contribution in [2.45, 2.75) is 147 Å². The Balaban J connectivity index is 1.41. The van der Waals surface area contributed by atoms with E-state index in [2.05, 4.69) is 20.9 Å². The molecule has 10 N–H and O–H groups in total. The molecule has 26 nitrogen and oxygen atoms in total. The Morgan fingerprint density at radius 1 is 0.934 bits per heavy atom. The number of methoxy groups -OCH3 is 2. The summed E-state index contributed by atoms with van der Waals surface area (Å²) in [4.78, 5) is 113. The van der Waals surface area contributed by atoms with E-state index in [1.165, 1.54) is 55.7 Å². The van der Waals surface area contributed by atoms with Crippen LogP contribution in [0.3, 0.4) is 0 Å². The van der Waals surface area contributed by atoms with Gasteiger partial charge < -0.3 is 69.9 Å². The van der Waals surface area contributed by atoms with E-state index in [4.69, 9.17) is 29.5 Å². The second-order valence-corrected chi connectivity index (χ2v) is 20.1. The van der Waals surface area contributed by atoms with Gasteiger partial charge in [-0.25, -0.2) is 20.4 Å². The van der Waals surface area contributed by atoms with E-state index in [0.717, 1.165) is 9.91 Å². The molecule has 27 heteroatoms. The highest BCUT2D eigenvalue weighted by atomic mass is 32.1. The zero-order chi connectivity index (χ0) is 56.6. The lowest BCUT2D eigenvalue weighted by molar-refractivity contribution is -0.271. The van der Waals surface area contributed by atoms with Crippen LogP contribution in [0.15, 0.2) is 29.8 Å². The van der Waals surface area contributed by atoms with Gasteiger partial charge in [-0.2, -0.15) is 0 Å². The van der Waals surface area contributed by atoms with E-state index in [1.807, 2.05) is 24.7 Å². The summed E-state index contributed by atoms with van der Waals surface area (Å²) in [5, 5.41) is 51.1. The Labute approximate surface area is 445 Å². The number of hydrogen-bond donors (Lipinski definition) is 9. The number of thiazole rings is 1. The monoisotopic (exact) mass is 1090 g/mol. The lowest BCUT2D eigenvalue weighted by atomic mass is 9.90. The highest BCUT2D eigenvalue weighted by Crippen LogP contribution is 2.33. The van der Waals surface area contributed by atoms with Crippen LogP contribution in [0.2, 0.25) is 0 Å². The van der Waals surface area contributed by atoms with Crippen LogP contribution in [0.25, 0.3) is 0 Å². The Kier molecular flexibility index (Phi) is 24.2. The molecular formula is C49H75N9O17S. The Bertz CT molecular complexity index is 2290. The second kappa shape index (κ2) is 29.4. The van der Waals surface area contributed by atoms with Gasteiger partial charge in [0.2, 0.25) is 41.7 Å². The fourth-order valence-corrected chi connectivity index (χ4v) is 9.88. The van der Waals surface area contributed by atoms with Gasteiger partial charge in [-0.1, -0.05) is 47.1 Å². The molecule has 2 saturated heterocycles. The SMILES string of the molecule is CCC(C)[C@@H]([C@@H](CC(=O)N1CCC[C@H]1[C@H](OC)[C@@H](C)C(=O)NCc1nccs1)OC)N(C)C(=O)CNC(=O)[C@H](C(C)C)N(C)C(=O)OCc1ccc(O[C@@H]2OC(C(=O)O)[C@@H](O)[C@H](O)C2O)c(NC(=O)CCC(=O)NN)c1. The molecule has 2 aliphatic rings. The van der Waals surface area contributed by atoms with Gasteiger partial charge in [0.05, 0.1) is 55.4 Å². The first kappa shape index (κ1) is 62.5. The van der Waals surface area contributed by atoms with E-state index in [-0.39, 0.29) is 66.6 Å². The Hall–Kier alpha value is -6.07. The van der Waals surface area contributed by atoms with Gasteiger partial charge in [0.25, 0.3) is 0 Å². The minimum absolute atomic E-state index is 0.0795. The second-order valence-electron chi connectivity index (χ2n) is 19.2. The van der Waals surface area contributed by atoms with Gasteiger partial charge in [0.15, 0.2) is 6.10 Å². The quantitative estimate of drug-likeness (QED) is 0.0325. The van der Waals surface area contributed by atoms with Gasteiger partial charge >= 0.3 is 12.1 Å². The number of aliphatic hydroxyl groups excluding tert-OH is 3. The van der Waals surface area contributed by atoms with E-state index in [0.29, 0.717) is 25.8 Å². The van der Waals surface area contributed by atoms with E-state index in [1.54, 1.807) is 38.9 Å². The number of ether oxygens (including phenoxy) is 5. The summed E-state index contributed by atoms with van der Waals surface area (Å²) in [6, 6.07) is 1.82. The van der Waals surface area contributed by atoms with Gasteiger partial charge in [0, 0.05) is 59.3 Å². The molecule has 2 aliphatic heterocycles. The first-order valence-electron chi connectivity index (χ1n) is 24.9. The molecule has 4 rings (SSSR count). The Morgan fingerprint density at radius 2 is 1.63 bits per heavy atom. The number of benzene rings is 1. The van der Waals surface area contributed by atoms with Crippen molar-refractivity contribution in [3.8, 4) is 5.75 Å². The number of aliphatic hydroxyl groups is 3. The number of rotatable bonds is 27. The molecule has 424 valence electrons. The van der Waals surface area contributed by atoms with Crippen molar-refractivity contribution in [2.24, 2.45) is 23.6 Å². The standard InChI is InChI=1S/C49H75N9O17S/c1-10-26(4)39(32(71-8)21-36(61)58-18-11-12-30(58)43(72-9)27(5)45(66)52-22-35-51-17-19-76-35)56(6)37(62)23-53-46(67)38(25(2)3)57(7)49(70)73-24-28-13-14-31(29(20-28)54-33(59)15-16-34(60)55-50)74-48-42(65)40(63)41(64)44(75-48)47(68)69/h13-14,17,19-20,25-27,30,32,38-44,48,63-65H,10-12,15-16,18,21-24,50H2,1-9H3,(H,52,66)(H,53,67)(H,54,59)(H,55,60)(H,68,69)/t26?,27-,30+,32-,38+,39+,40+,41+,42?,43-,44?,48-/m1/s1.